The minimum Gasteiger partial charge on any atom is -0.345 e. The van der Waals surface area contributed by atoms with Gasteiger partial charge in [0.05, 0.1) is 13.0 Å². The van der Waals surface area contributed by atoms with Crippen molar-refractivity contribution in [3.05, 3.63) is 77.4 Å². The fraction of sp³-hybridized carbons (Fsp3) is 0.240. The van der Waals surface area contributed by atoms with E-state index in [0.717, 1.165) is 33.2 Å². The first-order valence-corrected chi connectivity index (χ1v) is 10.2. The maximum atomic E-state index is 12.4. The zero-order chi connectivity index (χ0) is 22.4. The molecule has 0 saturated carbocycles. The zero-order valence-corrected chi connectivity index (χ0v) is 18.0. The Labute approximate surface area is 182 Å². The number of nitrogens with one attached hydrogen (secondary N) is 3. The summed E-state index contributed by atoms with van der Waals surface area (Å²) in [6.45, 7) is 5.32. The summed E-state index contributed by atoms with van der Waals surface area (Å²) in [5.41, 5.74) is 3.67. The Morgan fingerprint density at radius 3 is 2.39 bits per heavy atom. The molecule has 0 saturated heterocycles. The van der Waals surface area contributed by atoms with E-state index in [1.807, 2.05) is 74.5 Å². The van der Waals surface area contributed by atoms with Crippen molar-refractivity contribution in [1.82, 2.24) is 10.6 Å². The molecule has 0 aromatic heterocycles. The molecule has 3 amide bonds. The van der Waals surface area contributed by atoms with Crippen LogP contribution in [-0.2, 0) is 20.8 Å². The Balaban J connectivity index is 1.50. The van der Waals surface area contributed by atoms with Crippen LogP contribution in [0.4, 0.5) is 5.69 Å². The first kappa shape index (κ1) is 22.0. The van der Waals surface area contributed by atoms with Gasteiger partial charge in [-0.3, -0.25) is 14.4 Å². The van der Waals surface area contributed by atoms with Gasteiger partial charge in [-0.15, -0.1) is 0 Å². The van der Waals surface area contributed by atoms with Gasteiger partial charge in [-0.05, 0) is 54.3 Å². The molecule has 0 bridgehead atoms. The van der Waals surface area contributed by atoms with E-state index in [9.17, 15) is 14.4 Å². The molecule has 160 valence electrons. The van der Waals surface area contributed by atoms with Crippen LogP contribution in [0.3, 0.4) is 0 Å². The van der Waals surface area contributed by atoms with E-state index in [-0.39, 0.29) is 24.8 Å². The molecule has 3 aromatic carbocycles. The number of amides is 3. The molecule has 6 heteroatoms. The quantitative estimate of drug-likeness (QED) is 0.551. The number of fused-ring (bicyclic) bond motifs is 1. The summed E-state index contributed by atoms with van der Waals surface area (Å²) in [5.74, 6) is -0.988. The Hall–Kier alpha value is -3.67. The van der Waals surface area contributed by atoms with Crippen molar-refractivity contribution in [1.29, 1.82) is 0 Å². The highest BCUT2D eigenvalue weighted by molar-refractivity contribution is 5.97. The Morgan fingerprint density at radius 2 is 1.58 bits per heavy atom. The fourth-order valence-electron chi connectivity index (χ4n) is 3.38. The number of rotatable bonds is 7. The lowest BCUT2D eigenvalue weighted by Gasteiger charge is -2.15. The van der Waals surface area contributed by atoms with Crippen LogP contribution < -0.4 is 16.0 Å². The molecule has 6 nitrogen and oxygen atoms in total. The van der Waals surface area contributed by atoms with Crippen LogP contribution in [0.25, 0.3) is 10.8 Å². The van der Waals surface area contributed by atoms with E-state index in [0.29, 0.717) is 0 Å². The van der Waals surface area contributed by atoms with Gasteiger partial charge in [0.1, 0.15) is 6.04 Å². The monoisotopic (exact) mass is 417 g/mol. The third kappa shape index (κ3) is 5.69. The van der Waals surface area contributed by atoms with Crippen LogP contribution >= 0.6 is 0 Å². The highest BCUT2D eigenvalue weighted by Gasteiger charge is 2.17. The van der Waals surface area contributed by atoms with Crippen molar-refractivity contribution in [2.24, 2.45) is 0 Å². The van der Waals surface area contributed by atoms with E-state index in [1.165, 1.54) is 0 Å². The summed E-state index contributed by atoms with van der Waals surface area (Å²) in [4.78, 5) is 36.9. The van der Waals surface area contributed by atoms with Crippen molar-refractivity contribution in [2.45, 2.75) is 33.2 Å². The van der Waals surface area contributed by atoms with E-state index in [2.05, 4.69) is 16.0 Å². The number of benzene rings is 3. The molecule has 1 unspecified atom stereocenters. The summed E-state index contributed by atoms with van der Waals surface area (Å²) < 4.78 is 0. The van der Waals surface area contributed by atoms with Gasteiger partial charge < -0.3 is 16.0 Å². The summed E-state index contributed by atoms with van der Waals surface area (Å²) in [5, 5.41) is 10.1. The molecule has 31 heavy (non-hydrogen) atoms. The predicted molar refractivity (Wildman–Crippen MR) is 123 cm³/mol. The molecule has 3 N–H and O–H groups in total. The minimum absolute atomic E-state index is 0.171. The van der Waals surface area contributed by atoms with Crippen LogP contribution in [0, 0.1) is 13.8 Å². The SMILES string of the molecule is Cc1cccc(NC(=O)CNC(=O)C(C)NC(=O)Cc2cccc3ccccc23)c1C. The Morgan fingerprint density at radius 1 is 0.871 bits per heavy atom. The van der Waals surface area contributed by atoms with Crippen molar-refractivity contribution >= 4 is 34.2 Å². The van der Waals surface area contributed by atoms with E-state index in [1.54, 1.807) is 6.92 Å². The summed E-state index contributed by atoms with van der Waals surface area (Å²) in [6.07, 6.45) is 0.173. The lowest BCUT2D eigenvalue weighted by Crippen LogP contribution is -2.47. The molecule has 0 spiro atoms. The predicted octanol–water partition coefficient (Wildman–Crippen LogP) is 3.26. The Bertz CT molecular complexity index is 1120. The molecular weight excluding hydrogens is 390 g/mol. The number of anilines is 1. The van der Waals surface area contributed by atoms with Gasteiger partial charge in [0, 0.05) is 5.69 Å². The van der Waals surface area contributed by atoms with Gasteiger partial charge in [0.25, 0.3) is 0 Å². The number of aryl methyl sites for hydroxylation is 1. The smallest absolute Gasteiger partial charge is 0.243 e. The molecule has 0 aliphatic carbocycles. The van der Waals surface area contributed by atoms with Gasteiger partial charge in [-0.25, -0.2) is 0 Å². The minimum atomic E-state index is -0.754. The third-order valence-electron chi connectivity index (χ3n) is 5.30. The largest absolute Gasteiger partial charge is 0.345 e. The molecule has 1 atom stereocenters. The maximum absolute atomic E-state index is 12.4. The number of carbonyl (C=O) groups is 3. The lowest BCUT2D eigenvalue weighted by atomic mass is 10.0. The van der Waals surface area contributed by atoms with Crippen LogP contribution in [0.5, 0.6) is 0 Å². The van der Waals surface area contributed by atoms with Gasteiger partial charge in [0.2, 0.25) is 17.7 Å². The lowest BCUT2D eigenvalue weighted by molar-refractivity contribution is -0.129. The van der Waals surface area contributed by atoms with Crippen LogP contribution in [-0.4, -0.2) is 30.3 Å². The first-order valence-electron chi connectivity index (χ1n) is 10.2. The van der Waals surface area contributed by atoms with Gasteiger partial charge in [-0.1, -0.05) is 54.6 Å². The second-order valence-corrected chi connectivity index (χ2v) is 7.62. The van der Waals surface area contributed by atoms with Gasteiger partial charge in [0.15, 0.2) is 0 Å². The molecule has 0 aliphatic rings. The molecule has 0 heterocycles. The first-order chi connectivity index (χ1) is 14.8. The second-order valence-electron chi connectivity index (χ2n) is 7.62. The summed E-state index contributed by atoms with van der Waals surface area (Å²) in [7, 11) is 0. The van der Waals surface area contributed by atoms with Gasteiger partial charge in [-0.2, -0.15) is 0 Å². The average molecular weight is 418 g/mol. The third-order valence-corrected chi connectivity index (χ3v) is 5.30. The molecular formula is C25H27N3O3. The van der Waals surface area contributed by atoms with Crippen molar-refractivity contribution < 1.29 is 14.4 Å². The Kier molecular flexibility index (Phi) is 7.03. The maximum Gasteiger partial charge on any atom is 0.243 e. The molecule has 0 fully saturated rings. The molecule has 0 aliphatic heterocycles. The summed E-state index contributed by atoms with van der Waals surface area (Å²) >= 11 is 0. The number of hydrogen-bond acceptors (Lipinski definition) is 3. The molecule has 0 radical (unpaired) electrons. The molecule has 3 rings (SSSR count). The number of carbonyl (C=O) groups excluding carboxylic acids is 3. The average Bonchev–Trinajstić information content (AvgIpc) is 2.75. The highest BCUT2D eigenvalue weighted by Crippen LogP contribution is 2.19. The molecule has 3 aromatic rings. The zero-order valence-electron chi connectivity index (χ0n) is 18.0. The van der Waals surface area contributed by atoms with Crippen LogP contribution in [0.2, 0.25) is 0 Å². The van der Waals surface area contributed by atoms with Crippen molar-refractivity contribution in [3.63, 3.8) is 0 Å². The van der Waals surface area contributed by atoms with Gasteiger partial charge >= 0.3 is 0 Å². The topological polar surface area (TPSA) is 87.3 Å². The van der Waals surface area contributed by atoms with E-state index in [4.69, 9.17) is 0 Å². The summed E-state index contributed by atoms with van der Waals surface area (Å²) in [6, 6.07) is 18.6. The fourth-order valence-corrected chi connectivity index (χ4v) is 3.38. The second kappa shape index (κ2) is 9.89. The normalized spacial score (nSPS) is 11.6. The van der Waals surface area contributed by atoms with Crippen LogP contribution in [0.15, 0.2) is 60.7 Å². The van der Waals surface area contributed by atoms with Crippen molar-refractivity contribution in [2.75, 3.05) is 11.9 Å². The van der Waals surface area contributed by atoms with E-state index >= 15 is 0 Å². The van der Waals surface area contributed by atoms with Crippen molar-refractivity contribution in [3.8, 4) is 0 Å². The standard InChI is InChI=1S/C25H27N3O3/c1-16-8-6-13-22(17(16)2)28-24(30)15-26-25(31)18(3)27-23(29)14-20-11-7-10-19-9-4-5-12-21(19)20/h4-13,18H,14-15H2,1-3H3,(H,26,31)(H,27,29)(H,28,30). The van der Waals surface area contributed by atoms with E-state index < -0.39 is 11.9 Å². The van der Waals surface area contributed by atoms with Crippen LogP contribution in [0.1, 0.15) is 23.6 Å². The highest BCUT2D eigenvalue weighted by atomic mass is 16.2. The number of hydrogen-bond donors (Lipinski definition) is 3.